The molecule has 1 fully saturated rings. The van der Waals surface area contributed by atoms with Gasteiger partial charge in [-0.3, -0.25) is 4.79 Å². The molecule has 7 heteroatoms. The lowest BCUT2D eigenvalue weighted by atomic mass is 9.96. The summed E-state index contributed by atoms with van der Waals surface area (Å²) in [6.45, 7) is 5.67. The van der Waals surface area contributed by atoms with Gasteiger partial charge in [-0.25, -0.2) is 14.6 Å². The number of nitrogens with two attached hydrogens (primary N) is 1. The van der Waals surface area contributed by atoms with Crippen LogP contribution >= 0.6 is 0 Å². The molecule has 3 aromatic rings. The van der Waals surface area contributed by atoms with E-state index in [1.807, 2.05) is 10.9 Å². The Bertz CT molecular complexity index is 951. The third-order valence-corrected chi connectivity index (χ3v) is 4.99. The van der Waals surface area contributed by atoms with Crippen molar-refractivity contribution < 1.29 is 4.79 Å². The Hall–Kier alpha value is -2.96. The van der Waals surface area contributed by atoms with Gasteiger partial charge in [0.25, 0.3) is 0 Å². The molecular weight excluding hydrogens is 328 g/mol. The topological polar surface area (TPSA) is 89.9 Å². The molecule has 0 aliphatic carbocycles. The van der Waals surface area contributed by atoms with Crippen molar-refractivity contribution in [2.45, 2.75) is 26.7 Å². The molecule has 1 saturated heterocycles. The van der Waals surface area contributed by atoms with Crippen molar-refractivity contribution in [2.75, 3.05) is 18.0 Å². The second-order valence-electron chi connectivity index (χ2n) is 7.00. The fourth-order valence-electron chi connectivity index (χ4n) is 3.72. The Balaban J connectivity index is 1.71. The van der Waals surface area contributed by atoms with E-state index in [-0.39, 0.29) is 11.8 Å². The van der Waals surface area contributed by atoms with E-state index in [0.29, 0.717) is 0 Å². The Labute approximate surface area is 151 Å². The molecule has 1 aliphatic heterocycles. The number of piperidine rings is 1. The van der Waals surface area contributed by atoms with E-state index in [9.17, 15) is 4.79 Å². The monoisotopic (exact) mass is 350 g/mol. The minimum absolute atomic E-state index is 0.0402. The summed E-state index contributed by atoms with van der Waals surface area (Å²) >= 11 is 0. The molecule has 3 heterocycles. The van der Waals surface area contributed by atoms with Crippen molar-refractivity contribution in [3.63, 3.8) is 0 Å². The smallest absolute Gasteiger partial charge is 0.220 e. The van der Waals surface area contributed by atoms with Gasteiger partial charge in [0, 0.05) is 19.0 Å². The number of fused-ring (bicyclic) bond motifs is 1. The van der Waals surface area contributed by atoms with Crippen LogP contribution in [0.1, 0.15) is 24.0 Å². The molecule has 4 rings (SSSR count). The van der Waals surface area contributed by atoms with Crippen molar-refractivity contribution >= 4 is 22.8 Å². The van der Waals surface area contributed by atoms with Gasteiger partial charge in [-0.05, 0) is 49.9 Å². The predicted molar refractivity (Wildman–Crippen MR) is 100 cm³/mol. The van der Waals surface area contributed by atoms with Gasteiger partial charge in [-0.15, -0.1) is 0 Å². The molecule has 134 valence electrons. The van der Waals surface area contributed by atoms with E-state index in [2.05, 4.69) is 52.0 Å². The lowest BCUT2D eigenvalue weighted by Crippen LogP contribution is -2.39. The molecule has 0 atom stereocenters. The molecule has 2 N–H and O–H groups in total. The number of carbonyl (C=O) groups is 1. The lowest BCUT2D eigenvalue weighted by molar-refractivity contribution is -0.122. The molecule has 26 heavy (non-hydrogen) atoms. The number of amides is 1. The van der Waals surface area contributed by atoms with Gasteiger partial charge in [-0.1, -0.05) is 6.07 Å². The summed E-state index contributed by atoms with van der Waals surface area (Å²) in [5.74, 6) is 0.621. The number of hydrogen-bond acceptors (Lipinski definition) is 5. The van der Waals surface area contributed by atoms with E-state index < -0.39 is 0 Å². The van der Waals surface area contributed by atoms with Crippen molar-refractivity contribution in [1.82, 2.24) is 19.7 Å². The lowest BCUT2D eigenvalue weighted by Gasteiger charge is -2.31. The number of primary amides is 1. The zero-order chi connectivity index (χ0) is 18.3. The van der Waals surface area contributed by atoms with Crippen LogP contribution in [0.5, 0.6) is 0 Å². The molecule has 0 unspecified atom stereocenters. The zero-order valence-corrected chi connectivity index (χ0v) is 15.0. The van der Waals surface area contributed by atoms with Gasteiger partial charge in [0.05, 0.1) is 17.3 Å². The number of anilines is 1. The Morgan fingerprint density at radius 1 is 1.12 bits per heavy atom. The summed E-state index contributed by atoms with van der Waals surface area (Å²) in [6.07, 6.45) is 4.92. The van der Waals surface area contributed by atoms with E-state index >= 15 is 0 Å². The number of carbonyl (C=O) groups excluding carboxylic acids is 1. The highest BCUT2D eigenvalue weighted by atomic mass is 16.1. The SMILES string of the molecule is Cc1cc(C)cc(-n2ncc3c(N4CCC(C(N)=O)CC4)ncnc32)c1. The van der Waals surface area contributed by atoms with Crippen LogP contribution in [0.3, 0.4) is 0 Å². The van der Waals surface area contributed by atoms with Crippen LogP contribution in [0.25, 0.3) is 16.7 Å². The average Bonchev–Trinajstić information content (AvgIpc) is 3.05. The van der Waals surface area contributed by atoms with Crippen molar-refractivity contribution in [3.8, 4) is 5.69 Å². The van der Waals surface area contributed by atoms with Crippen LogP contribution in [0.2, 0.25) is 0 Å². The molecule has 0 spiro atoms. The fourth-order valence-corrected chi connectivity index (χ4v) is 3.72. The molecule has 7 nitrogen and oxygen atoms in total. The maximum atomic E-state index is 11.4. The quantitative estimate of drug-likeness (QED) is 0.781. The minimum atomic E-state index is -0.208. The van der Waals surface area contributed by atoms with Crippen LogP contribution in [0, 0.1) is 19.8 Å². The third kappa shape index (κ3) is 2.89. The second-order valence-corrected chi connectivity index (χ2v) is 7.00. The van der Waals surface area contributed by atoms with Crippen molar-refractivity contribution in [2.24, 2.45) is 11.7 Å². The summed E-state index contributed by atoms with van der Waals surface area (Å²) < 4.78 is 1.86. The summed E-state index contributed by atoms with van der Waals surface area (Å²) in [6, 6.07) is 6.33. The van der Waals surface area contributed by atoms with E-state index in [4.69, 9.17) is 5.73 Å². The highest BCUT2D eigenvalue weighted by Crippen LogP contribution is 2.28. The number of hydrogen-bond donors (Lipinski definition) is 1. The number of aromatic nitrogens is 4. The van der Waals surface area contributed by atoms with E-state index in [0.717, 1.165) is 48.5 Å². The number of rotatable bonds is 3. The first-order valence-electron chi connectivity index (χ1n) is 8.84. The summed E-state index contributed by atoms with van der Waals surface area (Å²) in [4.78, 5) is 22.5. The summed E-state index contributed by atoms with van der Waals surface area (Å²) in [5.41, 5.74) is 9.59. The van der Waals surface area contributed by atoms with Crippen LogP contribution in [0.4, 0.5) is 5.82 Å². The Kier molecular flexibility index (Phi) is 4.06. The normalized spacial score (nSPS) is 15.5. The Morgan fingerprint density at radius 2 is 1.81 bits per heavy atom. The molecular formula is C19H22N6O. The number of nitrogens with zero attached hydrogens (tertiary/aromatic N) is 5. The molecule has 1 aliphatic rings. The first-order chi connectivity index (χ1) is 12.5. The molecule has 0 saturated carbocycles. The standard InChI is InChI=1S/C19H22N6O/c1-12-7-13(2)9-15(8-12)25-19-16(10-23-25)18(21-11-22-19)24-5-3-14(4-6-24)17(20)26/h7-11,14H,3-6H2,1-2H3,(H2,20,26). The summed E-state index contributed by atoms with van der Waals surface area (Å²) in [7, 11) is 0. The second kappa shape index (κ2) is 6.40. The zero-order valence-electron chi connectivity index (χ0n) is 15.0. The van der Waals surface area contributed by atoms with E-state index in [1.54, 1.807) is 6.33 Å². The number of benzene rings is 1. The highest BCUT2D eigenvalue weighted by molar-refractivity contribution is 5.88. The maximum Gasteiger partial charge on any atom is 0.220 e. The molecule has 1 aromatic carbocycles. The van der Waals surface area contributed by atoms with Gasteiger partial charge < -0.3 is 10.6 Å². The molecule has 1 amide bonds. The van der Waals surface area contributed by atoms with Crippen LogP contribution in [0.15, 0.2) is 30.7 Å². The first-order valence-corrected chi connectivity index (χ1v) is 8.84. The van der Waals surface area contributed by atoms with Crippen LogP contribution < -0.4 is 10.6 Å². The third-order valence-electron chi connectivity index (χ3n) is 4.99. The average molecular weight is 350 g/mol. The number of aryl methyl sites for hydroxylation is 2. The minimum Gasteiger partial charge on any atom is -0.369 e. The van der Waals surface area contributed by atoms with Gasteiger partial charge in [0.1, 0.15) is 12.1 Å². The Morgan fingerprint density at radius 3 is 2.46 bits per heavy atom. The van der Waals surface area contributed by atoms with E-state index in [1.165, 1.54) is 11.1 Å². The summed E-state index contributed by atoms with van der Waals surface area (Å²) in [5, 5.41) is 5.48. The highest BCUT2D eigenvalue weighted by Gasteiger charge is 2.25. The fraction of sp³-hybridized carbons (Fsp3) is 0.368. The first kappa shape index (κ1) is 16.5. The predicted octanol–water partition coefficient (Wildman–Crippen LogP) is 2.13. The van der Waals surface area contributed by atoms with Crippen LogP contribution in [-0.2, 0) is 4.79 Å². The van der Waals surface area contributed by atoms with Gasteiger partial charge in [0.15, 0.2) is 5.65 Å². The molecule has 0 radical (unpaired) electrons. The van der Waals surface area contributed by atoms with Gasteiger partial charge >= 0.3 is 0 Å². The van der Waals surface area contributed by atoms with Gasteiger partial charge in [0.2, 0.25) is 5.91 Å². The van der Waals surface area contributed by atoms with Crippen molar-refractivity contribution in [3.05, 3.63) is 41.9 Å². The van der Waals surface area contributed by atoms with Gasteiger partial charge in [-0.2, -0.15) is 5.10 Å². The molecule has 0 bridgehead atoms. The molecule has 2 aromatic heterocycles. The van der Waals surface area contributed by atoms with Crippen molar-refractivity contribution in [1.29, 1.82) is 0 Å². The maximum absolute atomic E-state index is 11.4. The van der Waals surface area contributed by atoms with Crippen LogP contribution in [-0.4, -0.2) is 38.7 Å². The largest absolute Gasteiger partial charge is 0.369 e.